The van der Waals surface area contributed by atoms with Crippen molar-refractivity contribution in [1.29, 1.82) is 10.5 Å². The molecular weight excluding hydrogens is 544 g/mol. The van der Waals surface area contributed by atoms with Gasteiger partial charge in [-0.05, 0) is 23.1 Å². The maximum absolute atomic E-state index is 14.8. The fraction of sp³-hybridized carbons (Fsp3) is 0.273. The highest BCUT2D eigenvalue weighted by Crippen LogP contribution is 2.53. The van der Waals surface area contributed by atoms with Gasteiger partial charge in [0.25, 0.3) is 0 Å². The van der Waals surface area contributed by atoms with Crippen molar-refractivity contribution >= 4 is 23.9 Å². The van der Waals surface area contributed by atoms with E-state index >= 15 is 0 Å². The fourth-order valence-corrected chi connectivity index (χ4v) is 6.89. The van der Waals surface area contributed by atoms with Crippen molar-refractivity contribution < 1.29 is 19.2 Å². The van der Waals surface area contributed by atoms with Crippen LogP contribution < -0.4 is 0 Å². The summed E-state index contributed by atoms with van der Waals surface area (Å²) in [5, 5.41) is 20.4. The van der Waals surface area contributed by atoms with Gasteiger partial charge in [0, 0.05) is 6.42 Å². The number of rotatable bonds is 7. The van der Waals surface area contributed by atoms with E-state index in [0.717, 1.165) is 20.9 Å². The Morgan fingerprint density at radius 1 is 0.721 bits per heavy atom. The SMILES string of the molecule is N#CCN1C(=O)N(Cc2ccccc2)C(=O)C2(Cc3ccccc3)C1C(C#N)N1C(=O)N(Cc3ccccc3)C(=O)CC12. The molecule has 0 aromatic heterocycles. The molecule has 6 rings (SSSR count). The second kappa shape index (κ2) is 11.1. The number of imide groups is 2. The van der Waals surface area contributed by atoms with Gasteiger partial charge >= 0.3 is 12.1 Å². The maximum atomic E-state index is 14.8. The number of nitriles is 2. The summed E-state index contributed by atoms with van der Waals surface area (Å²) in [6, 6.07) is 26.6. The van der Waals surface area contributed by atoms with E-state index in [4.69, 9.17) is 0 Å². The van der Waals surface area contributed by atoms with Crippen molar-refractivity contribution in [2.75, 3.05) is 6.54 Å². The van der Waals surface area contributed by atoms with Crippen molar-refractivity contribution in [3.63, 3.8) is 0 Å². The largest absolute Gasteiger partial charge is 0.328 e. The summed E-state index contributed by atoms with van der Waals surface area (Å²) in [6.45, 7) is -0.450. The number of fused-ring (bicyclic) bond motifs is 3. The molecule has 3 fully saturated rings. The van der Waals surface area contributed by atoms with Crippen LogP contribution in [-0.4, -0.2) is 68.1 Å². The van der Waals surface area contributed by atoms with E-state index in [1.807, 2.05) is 48.5 Å². The first-order valence-corrected chi connectivity index (χ1v) is 14.0. The first-order valence-electron chi connectivity index (χ1n) is 14.0. The highest BCUT2D eigenvalue weighted by molar-refractivity contribution is 6.05. The molecule has 4 unspecified atom stereocenters. The van der Waals surface area contributed by atoms with Gasteiger partial charge in [0.15, 0.2) is 0 Å². The van der Waals surface area contributed by atoms with E-state index in [0.29, 0.717) is 5.56 Å². The van der Waals surface area contributed by atoms with Crippen molar-refractivity contribution in [2.45, 2.75) is 44.1 Å². The van der Waals surface area contributed by atoms with Gasteiger partial charge in [0.1, 0.15) is 12.6 Å². The zero-order valence-corrected chi connectivity index (χ0v) is 23.2. The molecule has 0 spiro atoms. The molecule has 43 heavy (non-hydrogen) atoms. The fourth-order valence-electron chi connectivity index (χ4n) is 6.89. The van der Waals surface area contributed by atoms with Crippen LogP contribution in [0.25, 0.3) is 0 Å². The zero-order chi connectivity index (χ0) is 30.1. The summed E-state index contributed by atoms with van der Waals surface area (Å²) in [5.74, 6) is -1.03. The van der Waals surface area contributed by atoms with E-state index < -0.39 is 54.0 Å². The van der Waals surface area contributed by atoms with Crippen LogP contribution in [0.4, 0.5) is 9.59 Å². The van der Waals surface area contributed by atoms with Gasteiger partial charge < -0.3 is 9.80 Å². The van der Waals surface area contributed by atoms with Gasteiger partial charge in [0.05, 0.1) is 42.7 Å². The number of nitrogens with zero attached hydrogens (tertiary/aromatic N) is 6. The second-order valence-corrected chi connectivity index (χ2v) is 11.0. The molecule has 10 nitrogen and oxygen atoms in total. The maximum Gasteiger partial charge on any atom is 0.328 e. The lowest BCUT2D eigenvalue weighted by molar-refractivity contribution is -0.150. The Kier molecular flexibility index (Phi) is 7.12. The number of amides is 6. The minimum atomic E-state index is -1.55. The van der Waals surface area contributed by atoms with E-state index in [-0.39, 0.29) is 25.9 Å². The molecule has 10 heteroatoms. The molecule has 0 radical (unpaired) electrons. The van der Waals surface area contributed by atoms with Gasteiger partial charge in [-0.2, -0.15) is 10.5 Å². The lowest BCUT2D eigenvalue weighted by Gasteiger charge is -2.50. The number of carbonyl (C=O) groups is 4. The third kappa shape index (κ3) is 4.48. The predicted octanol–water partition coefficient (Wildman–Crippen LogP) is 3.70. The molecule has 3 saturated heterocycles. The molecule has 0 bridgehead atoms. The molecule has 0 saturated carbocycles. The Morgan fingerprint density at radius 3 is 1.79 bits per heavy atom. The molecule has 0 aliphatic carbocycles. The zero-order valence-electron chi connectivity index (χ0n) is 23.2. The van der Waals surface area contributed by atoms with Crippen LogP contribution in [0, 0.1) is 28.1 Å². The van der Waals surface area contributed by atoms with Crippen LogP contribution in [0.2, 0.25) is 0 Å². The standard InChI is InChI=1S/C33H28N6O4/c34-16-17-36-29-26(20-35)39-27(18-28(40)37(32(39)43)21-24-12-6-2-7-13-24)33(29,19-23-10-4-1-5-11-23)30(41)38(31(36)42)22-25-14-8-3-9-15-25/h1-15,26-27,29H,17-19,21-22H2. The lowest BCUT2D eigenvalue weighted by Crippen LogP contribution is -2.70. The number of benzene rings is 3. The third-order valence-corrected chi connectivity index (χ3v) is 8.71. The van der Waals surface area contributed by atoms with E-state index in [2.05, 4.69) is 6.07 Å². The Labute approximate surface area is 248 Å². The average molecular weight is 573 g/mol. The summed E-state index contributed by atoms with van der Waals surface area (Å²) < 4.78 is 0. The Hall–Kier alpha value is -5.48. The van der Waals surface area contributed by atoms with Crippen LogP contribution in [0.1, 0.15) is 23.1 Å². The van der Waals surface area contributed by atoms with Crippen LogP contribution in [-0.2, 0) is 29.1 Å². The van der Waals surface area contributed by atoms with Crippen molar-refractivity contribution in [1.82, 2.24) is 19.6 Å². The van der Waals surface area contributed by atoms with Gasteiger partial charge in [0.2, 0.25) is 11.8 Å². The molecule has 3 aliphatic heterocycles. The minimum absolute atomic E-state index is 0.00511. The topological polar surface area (TPSA) is 129 Å². The highest BCUT2D eigenvalue weighted by Gasteiger charge is 2.72. The lowest BCUT2D eigenvalue weighted by atomic mass is 9.67. The smallest absolute Gasteiger partial charge is 0.304 e. The van der Waals surface area contributed by atoms with Crippen LogP contribution in [0.15, 0.2) is 91.0 Å². The number of carbonyl (C=O) groups excluding carboxylic acids is 4. The summed E-state index contributed by atoms with van der Waals surface area (Å²) in [5.41, 5.74) is 0.631. The Bertz CT molecular complexity index is 1650. The Balaban J connectivity index is 1.50. The van der Waals surface area contributed by atoms with Crippen LogP contribution in [0.5, 0.6) is 0 Å². The summed E-state index contributed by atoms with van der Waals surface area (Å²) in [7, 11) is 0. The number of hydrogen-bond acceptors (Lipinski definition) is 6. The van der Waals surface area contributed by atoms with Gasteiger partial charge in [-0.1, -0.05) is 91.0 Å². The predicted molar refractivity (Wildman–Crippen MR) is 153 cm³/mol. The van der Waals surface area contributed by atoms with E-state index in [1.165, 1.54) is 9.80 Å². The summed E-state index contributed by atoms with van der Waals surface area (Å²) in [6.07, 6.45) is -0.143. The van der Waals surface area contributed by atoms with Crippen LogP contribution >= 0.6 is 0 Å². The summed E-state index contributed by atoms with van der Waals surface area (Å²) >= 11 is 0. The molecule has 3 aromatic carbocycles. The molecule has 6 amide bonds. The monoisotopic (exact) mass is 572 g/mol. The molecular formula is C33H28N6O4. The molecule has 0 N–H and O–H groups in total. The van der Waals surface area contributed by atoms with Crippen LogP contribution in [0.3, 0.4) is 0 Å². The van der Waals surface area contributed by atoms with E-state index in [9.17, 15) is 29.7 Å². The molecule has 4 atom stereocenters. The summed E-state index contributed by atoms with van der Waals surface area (Å²) in [4.78, 5) is 61.4. The second-order valence-electron chi connectivity index (χ2n) is 11.0. The van der Waals surface area contributed by atoms with Crippen molar-refractivity contribution in [3.05, 3.63) is 108 Å². The third-order valence-electron chi connectivity index (χ3n) is 8.71. The van der Waals surface area contributed by atoms with E-state index in [1.54, 1.807) is 48.5 Å². The number of hydrogen-bond donors (Lipinski definition) is 0. The molecule has 3 aliphatic rings. The first kappa shape index (κ1) is 27.7. The highest BCUT2D eigenvalue weighted by atomic mass is 16.2. The normalized spacial score (nSPS) is 24.8. The average Bonchev–Trinajstić information content (AvgIpc) is 3.31. The molecule has 214 valence electrons. The quantitative estimate of drug-likeness (QED) is 0.397. The van der Waals surface area contributed by atoms with Gasteiger partial charge in [-0.25, -0.2) is 9.59 Å². The first-order chi connectivity index (χ1) is 20.9. The van der Waals surface area contributed by atoms with Crippen molar-refractivity contribution in [2.24, 2.45) is 5.41 Å². The van der Waals surface area contributed by atoms with Gasteiger partial charge in [-0.3, -0.25) is 19.4 Å². The minimum Gasteiger partial charge on any atom is -0.304 e. The molecule has 3 aromatic rings. The number of urea groups is 2. The Morgan fingerprint density at radius 2 is 1.26 bits per heavy atom. The van der Waals surface area contributed by atoms with Gasteiger partial charge in [-0.15, -0.1) is 0 Å². The molecule has 3 heterocycles. The van der Waals surface area contributed by atoms with Crippen molar-refractivity contribution in [3.8, 4) is 12.1 Å².